The molecule has 0 saturated heterocycles. The molecule has 188 valence electrons. The molecular weight excluding hydrogens is 436 g/mol. The minimum Gasteiger partial charge on any atom is -0.462 e. The van der Waals surface area contributed by atoms with Gasteiger partial charge in [-0.3, -0.25) is 0 Å². The topological polar surface area (TPSA) is 52.6 Å². The number of halogens is 1. The standard InChI is InChI=1S/C28H45ClO4/c1-2-3-4-5-6-7-8-10-13-18-23-32-27(30)25-20-15-16-21-26(25)28(31)33-24-19-14-11-9-12-17-22-29/h15-16,20-21H,2-14,17-19,22-24H2,1H3. The molecule has 0 N–H and O–H groups in total. The number of carbonyl (C=O) groups excluding carboxylic acids is 2. The highest BCUT2D eigenvalue weighted by Crippen LogP contribution is 2.14. The number of esters is 2. The number of rotatable bonds is 21. The Kier molecular flexibility index (Phi) is 18.8. The molecule has 1 rings (SSSR count). The molecule has 0 bridgehead atoms. The summed E-state index contributed by atoms with van der Waals surface area (Å²) >= 11 is 5.68. The first-order valence-electron chi connectivity index (χ1n) is 13.2. The van der Waals surface area contributed by atoms with Gasteiger partial charge in [0, 0.05) is 5.88 Å². The first kappa shape index (κ1) is 29.5. The maximum absolute atomic E-state index is 12.5. The third-order valence-electron chi connectivity index (χ3n) is 5.86. The van der Waals surface area contributed by atoms with E-state index in [1.54, 1.807) is 24.3 Å². The largest absolute Gasteiger partial charge is 0.462 e. The van der Waals surface area contributed by atoms with E-state index in [1.165, 1.54) is 51.4 Å². The minimum absolute atomic E-state index is 0.285. The molecule has 0 amide bonds. The van der Waals surface area contributed by atoms with Crippen molar-refractivity contribution in [3.05, 3.63) is 35.4 Å². The Balaban J connectivity index is 2.20. The smallest absolute Gasteiger partial charge is 0.339 e. The van der Waals surface area contributed by atoms with Crippen LogP contribution in [-0.4, -0.2) is 31.0 Å². The van der Waals surface area contributed by atoms with Crippen LogP contribution in [0.3, 0.4) is 0 Å². The molecule has 0 saturated carbocycles. The Hall–Kier alpha value is -1.55. The van der Waals surface area contributed by atoms with Gasteiger partial charge in [-0.25, -0.2) is 9.59 Å². The second-order valence-corrected chi connectivity index (χ2v) is 9.19. The van der Waals surface area contributed by atoms with Crippen molar-refractivity contribution in [2.24, 2.45) is 0 Å². The molecule has 5 heteroatoms. The highest BCUT2D eigenvalue weighted by molar-refractivity contribution is 6.17. The lowest BCUT2D eigenvalue weighted by atomic mass is 10.1. The van der Waals surface area contributed by atoms with Crippen LogP contribution < -0.4 is 0 Å². The van der Waals surface area contributed by atoms with Gasteiger partial charge in [0.05, 0.1) is 24.3 Å². The lowest BCUT2D eigenvalue weighted by Crippen LogP contribution is -2.15. The fourth-order valence-corrected chi connectivity index (χ4v) is 4.01. The van der Waals surface area contributed by atoms with E-state index in [1.807, 2.05) is 0 Å². The minimum atomic E-state index is -0.455. The van der Waals surface area contributed by atoms with E-state index in [9.17, 15) is 9.59 Å². The van der Waals surface area contributed by atoms with Crippen LogP contribution in [-0.2, 0) is 9.47 Å². The van der Waals surface area contributed by atoms with Crippen LogP contribution >= 0.6 is 11.6 Å². The van der Waals surface area contributed by atoms with Crippen LogP contribution in [0.25, 0.3) is 0 Å². The molecule has 0 atom stereocenters. The number of hydrogen-bond donors (Lipinski definition) is 0. The molecule has 0 unspecified atom stereocenters. The predicted octanol–water partition coefficient (Wildman–Crippen LogP) is 8.50. The molecule has 4 nitrogen and oxygen atoms in total. The lowest BCUT2D eigenvalue weighted by Gasteiger charge is -2.10. The molecule has 0 radical (unpaired) electrons. The van der Waals surface area contributed by atoms with Crippen molar-refractivity contribution >= 4 is 23.5 Å². The van der Waals surface area contributed by atoms with Gasteiger partial charge in [0.15, 0.2) is 0 Å². The molecule has 0 aromatic heterocycles. The molecule has 33 heavy (non-hydrogen) atoms. The average Bonchev–Trinajstić information content (AvgIpc) is 2.84. The highest BCUT2D eigenvalue weighted by atomic mass is 35.5. The Morgan fingerprint density at radius 1 is 0.606 bits per heavy atom. The monoisotopic (exact) mass is 480 g/mol. The Morgan fingerprint density at radius 3 is 1.36 bits per heavy atom. The van der Waals surface area contributed by atoms with E-state index in [2.05, 4.69) is 6.92 Å². The van der Waals surface area contributed by atoms with E-state index in [4.69, 9.17) is 21.1 Å². The molecule has 0 heterocycles. The summed E-state index contributed by atoms with van der Waals surface area (Å²) in [7, 11) is 0. The van der Waals surface area contributed by atoms with Gasteiger partial charge in [0.2, 0.25) is 0 Å². The molecule has 0 aliphatic heterocycles. The number of benzene rings is 1. The van der Waals surface area contributed by atoms with Gasteiger partial charge in [-0.15, -0.1) is 11.6 Å². The summed E-state index contributed by atoms with van der Waals surface area (Å²) in [5, 5.41) is 0. The number of unbranched alkanes of at least 4 members (excludes halogenated alkanes) is 14. The molecule has 0 fully saturated rings. The fraction of sp³-hybridized carbons (Fsp3) is 0.714. The van der Waals surface area contributed by atoms with Crippen LogP contribution in [0, 0.1) is 0 Å². The van der Waals surface area contributed by atoms with E-state index >= 15 is 0 Å². The van der Waals surface area contributed by atoms with Crippen molar-refractivity contribution in [2.45, 2.75) is 110 Å². The number of ether oxygens (including phenoxy) is 2. The van der Waals surface area contributed by atoms with Gasteiger partial charge < -0.3 is 9.47 Å². The van der Waals surface area contributed by atoms with E-state index in [0.717, 1.165) is 57.2 Å². The molecule has 0 aliphatic carbocycles. The van der Waals surface area contributed by atoms with Crippen molar-refractivity contribution < 1.29 is 19.1 Å². The summed E-state index contributed by atoms with van der Waals surface area (Å²) in [6, 6.07) is 6.75. The normalized spacial score (nSPS) is 10.8. The summed E-state index contributed by atoms with van der Waals surface area (Å²) < 4.78 is 10.8. The average molecular weight is 481 g/mol. The summed E-state index contributed by atoms with van der Waals surface area (Å²) in [4.78, 5) is 25.0. The third kappa shape index (κ3) is 15.1. The van der Waals surface area contributed by atoms with Crippen molar-refractivity contribution in [1.82, 2.24) is 0 Å². The summed E-state index contributed by atoms with van der Waals surface area (Å²) in [5.41, 5.74) is 0.573. The van der Waals surface area contributed by atoms with Gasteiger partial charge in [-0.2, -0.15) is 0 Å². The zero-order valence-corrected chi connectivity index (χ0v) is 21.5. The SMILES string of the molecule is CCCCCCCCCCCCOC(=O)c1ccccc1C(=O)OCCCCCCCCCl. The van der Waals surface area contributed by atoms with E-state index < -0.39 is 11.9 Å². The quantitative estimate of drug-likeness (QED) is 0.100. The van der Waals surface area contributed by atoms with Gasteiger partial charge in [-0.1, -0.05) is 103 Å². The Labute approximate surface area is 206 Å². The van der Waals surface area contributed by atoms with Gasteiger partial charge in [-0.05, 0) is 31.4 Å². The molecular formula is C28H45ClO4. The lowest BCUT2D eigenvalue weighted by molar-refractivity contribution is 0.0450. The van der Waals surface area contributed by atoms with Gasteiger partial charge in [0.25, 0.3) is 0 Å². The summed E-state index contributed by atoms with van der Waals surface area (Å²) in [6.07, 6.45) is 18.7. The summed E-state index contributed by atoms with van der Waals surface area (Å²) in [6.45, 7) is 3.00. The van der Waals surface area contributed by atoms with E-state index in [-0.39, 0.29) is 11.1 Å². The van der Waals surface area contributed by atoms with Gasteiger partial charge >= 0.3 is 11.9 Å². The van der Waals surface area contributed by atoms with Crippen LogP contribution in [0.1, 0.15) is 130 Å². The fourth-order valence-electron chi connectivity index (χ4n) is 3.82. The maximum atomic E-state index is 12.5. The maximum Gasteiger partial charge on any atom is 0.339 e. The van der Waals surface area contributed by atoms with Gasteiger partial charge in [0.1, 0.15) is 0 Å². The van der Waals surface area contributed by atoms with Crippen LogP contribution in [0.4, 0.5) is 0 Å². The van der Waals surface area contributed by atoms with Crippen LogP contribution in [0.5, 0.6) is 0 Å². The Morgan fingerprint density at radius 2 is 0.970 bits per heavy atom. The highest BCUT2D eigenvalue weighted by Gasteiger charge is 2.18. The zero-order valence-electron chi connectivity index (χ0n) is 20.8. The summed E-state index contributed by atoms with van der Waals surface area (Å²) in [5.74, 6) is -0.181. The van der Waals surface area contributed by atoms with Crippen molar-refractivity contribution in [3.8, 4) is 0 Å². The van der Waals surface area contributed by atoms with Crippen LogP contribution in [0.2, 0.25) is 0 Å². The van der Waals surface area contributed by atoms with E-state index in [0.29, 0.717) is 13.2 Å². The first-order chi connectivity index (χ1) is 16.2. The zero-order chi connectivity index (χ0) is 24.0. The van der Waals surface area contributed by atoms with Crippen molar-refractivity contribution in [1.29, 1.82) is 0 Å². The third-order valence-corrected chi connectivity index (χ3v) is 6.13. The van der Waals surface area contributed by atoms with Crippen molar-refractivity contribution in [2.75, 3.05) is 19.1 Å². The number of carbonyl (C=O) groups is 2. The molecule has 1 aromatic rings. The predicted molar refractivity (Wildman–Crippen MR) is 137 cm³/mol. The first-order valence-corrected chi connectivity index (χ1v) is 13.7. The molecule has 0 aliphatic rings. The van der Waals surface area contributed by atoms with Crippen LogP contribution in [0.15, 0.2) is 24.3 Å². The Bertz CT molecular complexity index is 632. The second-order valence-electron chi connectivity index (χ2n) is 8.81. The second kappa shape index (κ2) is 21.0. The van der Waals surface area contributed by atoms with Crippen molar-refractivity contribution in [3.63, 3.8) is 0 Å². The number of alkyl halides is 1. The molecule has 0 spiro atoms. The molecule has 1 aromatic carbocycles. The number of hydrogen-bond acceptors (Lipinski definition) is 4.